The van der Waals surface area contributed by atoms with Crippen molar-refractivity contribution < 1.29 is 0 Å². The summed E-state index contributed by atoms with van der Waals surface area (Å²) < 4.78 is 1.03. The van der Waals surface area contributed by atoms with Gasteiger partial charge in [-0.05, 0) is 29.6 Å². The van der Waals surface area contributed by atoms with E-state index in [4.69, 9.17) is 5.53 Å². The molecule has 0 radical (unpaired) electrons. The quantitative estimate of drug-likeness (QED) is 0.431. The Labute approximate surface area is 85.5 Å². The zero-order chi connectivity index (χ0) is 9.68. The van der Waals surface area contributed by atoms with Gasteiger partial charge in [-0.2, -0.15) is 0 Å². The normalized spacial score (nSPS) is 11.8. The highest BCUT2D eigenvalue weighted by atomic mass is 79.9. The second-order valence-corrected chi connectivity index (χ2v) is 3.60. The maximum absolute atomic E-state index is 8.33. The van der Waals surface area contributed by atoms with Crippen LogP contribution in [0.1, 0.15) is 24.9 Å². The molecule has 0 N–H and O–H groups in total. The molecule has 13 heavy (non-hydrogen) atoms. The van der Waals surface area contributed by atoms with Gasteiger partial charge in [-0.25, -0.2) is 0 Å². The molecule has 0 saturated heterocycles. The van der Waals surface area contributed by atoms with E-state index in [0.717, 1.165) is 16.5 Å². The van der Waals surface area contributed by atoms with Crippen LogP contribution in [-0.2, 0) is 0 Å². The fraction of sp³-hybridized carbons (Fsp3) is 0.333. The molecule has 0 spiro atoms. The van der Waals surface area contributed by atoms with Gasteiger partial charge in [0, 0.05) is 9.38 Å². The summed E-state index contributed by atoms with van der Waals surface area (Å²) in [6, 6.07) is 7.79. The lowest BCUT2D eigenvalue weighted by atomic mass is 10.1. The Bertz CT molecular complexity index is 314. The molecule has 3 nitrogen and oxygen atoms in total. The molecule has 4 heteroatoms. The van der Waals surface area contributed by atoms with E-state index in [1.165, 1.54) is 0 Å². The Morgan fingerprint density at radius 1 is 1.46 bits per heavy atom. The molecule has 0 heterocycles. The van der Waals surface area contributed by atoms with Gasteiger partial charge in [0.2, 0.25) is 0 Å². The lowest BCUT2D eigenvalue weighted by molar-refractivity contribution is 0.693. The van der Waals surface area contributed by atoms with E-state index in [0.29, 0.717) is 0 Å². The third kappa shape index (κ3) is 2.76. The SMILES string of the molecule is CCC(N=[N+]=[N-])c1ccc(Br)cc1. The van der Waals surface area contributed by atoms with E-state index in [1.807, 2.05) is 31.2 Å². The highest BCUT2D eigenvalue weighted by Gasteiger charge is 2.05. The summed E-state index contributed by atoms with van der Waals surface area (Å²) >= 11 is 3.35. The number of nitrogens with zero attached hydrogens (tertiary/aromatic N) is 3. The Balaban J connectivity index is 2.91. The Hall–Kier alpha value is -0.990. The standard InChI is InChI=1S/C9H10BrN3/c1-2-9(12-13-11)7-3-5-8(10)6-4-7/h3-6,9H,2H2,1H3. The van der Waals surface area contributed by atoms with E-state index < -0.39 is 0 Å². The topological polar surface area (TPSA) is 48.8 Å². The summed E-state index contributed by atoms with van der Waals surface area (Å²) in [6.07, 6.45) is 0.825. The fourth-order valence-electron chi connectivity index (χ4n) is 1.13. The first-order valence-electron chi connectivity index (χ1n) is 4.07. The van der Waals surface area contributed by atoms with Gasteiger partial charge in [0.1, 0.15) is 0 Å². The predicted octanol–water partition coefficient (Wildman–Crippen LogP) is 4.21. The van der Waals surface area contributed by atoms with Crippen LogP contribution in [-0.4, -0.2) is 0 Å². The molecular weight excluding hydrogens is 230 g/mol. The number of halogens is 1. The third-order valence-corrected chi connectivity index (χ3v) is 2.36. The molecule has 68 valence electrons. The van der Waals surface area contributed by atoms with Crippen LogP contribution in [0, 0.1) is 0 Å². The molecule has 1 aromatic rings. The van der Waals surface area contributed by atoms with Crippen molar-refractivity contribution in [3.8, 4) is 0 Å². The Morgan fingerprint density at radius 3 is 2.54 bits per heavy atom. The summed E-state index contributed by atoms with van der Waals surface area (Å²) in [5, 5.41) is 3.71. The average Bonchev–Trinajstić information content (AvgIpc) is 2.16. The van der Waals surface area contributed by atoms with Crippen molar-refractivity contribution in [1.29, 1.82) is 0 Å². The van der Waals surface area contributed by atoms with E-state index in [2.05, 4.69) is 26.0 Å². The van der Waals surface area contributed by atoms with Gasteiger partial charge < -0.3 is 0 Å². The monoisotopic (exact) mass is 239 g/mol. The summed E-state index contributed by atoms with van der Waals surface area (Å²) in [5.74, 6) is 0. The molecular formula is C9H10BrN3. The smallest absolute Gasteiger partial charge is 0.0622 e. The molecule has 0 fully saturated rings. The fourth-order valence-corrected chi connectivity index (χ4v) is 1.40. The van der Waals surface area contributed by atoms with Gasteiger partial charge in [0.05, 0.1) is 6.04 Å². The van der Waals surface area contributed by atoms with Crippen LogP contribution in [0.3, 0.4) is 0 Å². The summed E-state index contributed by atoms with van der Waals surface area (Å²) in [7, 11) is 0. The van der Waals surface area contributed by atoms with Crippen molar-refractivity contribution in [3.63, 3.8) is 0 Å². The van der Waals surface area contributed by atoms with E-state index >= 15 is 0 Å². The zero-order valence-electron chi connectivity index (χ0n) is 7.31. The maximum atomic E-state index is 8.33. The lowest BCUT2D eigenvalue weighted by Crippen LogP contribution is -1.91. The summed E-state index contributed by atoms with van der Waals surface area (Å²) in [6.45, 7) is 2.00. The number of hydrogen-bond acceptors (Lipinski definition) is 1. The predicted molar refractivity (Wildman–Crippen MR) is 56.3 cm³/mol. The minimum atomic E-state index is -0.0434. The molecule has 0 aliphatic rings. The molecule has 0 aromatic heterocycles. The Kier molecular flexibility index (Phi) is 3.80. The molecule has 1 rings (SSSR count). The largest absolute Gasteiger partial charge is 0.0859 e. The van der Waals surface area contributed by atoms with Crippen LogP contribution in [0.25, 0.3) is 10.4 Å². The van der Waals surface area contributed by atoms with Crippen LogP contribution < -0.4 is 0 Å². The van der Waals surface area contributed by atoms with Crippen molar-refractivity contribution in [3.05, 3.63) is 44.7 Å². The molecule has 0 amide bonds. The second-order valence-electron chi connectivity index (χ2n) is 2.68. The number of rotatable bonds is 3. The Morgan fingerprint density at radius 2 is 2.08 bits per heavy atom. The first kappa shape index (κ1) is 10.1. The van der Waals surface area contributed by atoms with Crippen LogP contribution >= 0.6 is 15.9 Å². The molecule has 0 aliphatic heterocycles. The third-order valence-electron chi connectivity index (χ3n) is 1.83. The van der Waals surface area contributed by atoms with E-state index in [-0.39, 0.29) is 6.04 Å². The van der Waals surface area contributed by atoms with Crippen LogP contribution in [0.4, 0.5) is 0 Å². The number of azide groups is 1. The van der Waals surface area contributed by atoms with Gasteiger partial charge in [0.15, 0.2) is 0 Å². The second kappa shape index (κ2) is 4.90. The molecule has 1 unspecified atom stereocenters. The van der Waals surface area contributed by atoms with Crippen molar-refractivity contribution in [2.24, 2.45) is 5.11 Å². The van der Waals surface area contributed by atoms with Crippen LogP contribution in [0.15, 0.2) is 33.9 Å². The molecule has 1 atom stereocenters. The minimum Gasteiger partial charge on any atom is -0.0859 e. The molecule has 0 saturated carbocycles. The summed E-state index contributed by atoms with van der Waals surface area (Å²) in [5.41, 5.74) is 9.39. The minimum absolute atomic E-state index is 0.0434. The zero-order valence-corrected chi connectivity index (χ0v) is 8.90. The molecule has 0 bridgehead atoms. The van der Waals surface area contributed by atoms with Crippen molar-refractivity contribution in [1.82, 2.24) is 0 Å². The van der Waals surface area contributed by atoms with Gasteiger partial charge in [-0.3, -0.25) is 0 Å². The molecule has 1 aromatic carbocycles. The maximum Gasteiger partial charge on any atom is 0.0622 e. The van der Waals surface area contributed by atoms with Gasteiger partial charge in [-0.15, -0.1) is 0 Å². The first-order chi connectivity index (χ1) is 6.27. The summed E-state index contributed by atoms with van der Waals surface area (Å²) in [4.78, 5) is 2.82. The van der Waals surface area contributed by atoms with Crippen molar-refractivity contribution >= 4 is 15.9 Å². The van der Waals surface area contributed by atoms with Gasteiger partial charge in [-0.1, -0.05) is 40.1 Å². The van der Waals surface area contributed by atoms with Gasteiger partial charge >= 0.3 is 0 Å². The molecule has 0 aliphatic carbocycles. The van der Waals surface area contributed by atoms with Gasteiger partial charge in [0.25, 0.3) is 0 Å². The van der Waals surface area contributed by atoms with E-state index in [1.54, 1.807) is 0 Å². The van der Waals surface area contributed by atoms with Crippen LogP contribution in [0.2, 0.25) is 0 Å². The highest BCUT2D eigenvalue weighted by molar-refractivity contribution is 9.10. The van der Waals surface area contributed by atoms with Crippen LogP contribution in [0.5, 0.6) is 0 Å². The lowest BCUT2D eigenvalue weighted by Gasteiger charge is -2.07. The number of hydrogen-bond donors (Lipinski definition) is 0. The number of benzene rings is 1. The average molecular weight is 240 g/mol. The van der Waals surface area contributed by atoms with E-state index in [9.17, 15) is 0 Å². The van der Waals surface area contributed by atoms with Crippen molar-refractivity contribution in [2.75, 3.05) is 0 Å². The first-order valence-corrected chi connectivity index (χ1v) is 4.87. The van der Waals surface area contributed by atoms with Crippen molar-refractivity contribution in [2.45, 2.75) is 19.4 Å². The highest BCUT2D eigenvalue weighted by Crippen LogP contribution is 2.22.